The molecule has 9 heteroatoms. The van der Waals surface area contributed by atoms with Crippen LogP contribution < -0.4 is 25.6 Å². The van der Waals surface area contributed by atoms with Crippen molar-refractivity contribution in [3.8, 4) is 5.75 Å². The predicted molar refractivity (Wildman–Crippen MR) is 155 cm³/mol. The zero-order valence-corrected chi connectivity index (χ0v) is 23.9. The van der Waals surface area contributed by atoms with Crippen molar-refractivity contribution < 1.29 is 4.74 Å². The maximum atomic E-state index is 6.51. The summed E-state index contributed by atoms with van der Waals surface area (Å²) in [5.41, 5.74) is 6.81. The Morgan fingerprint density at radius 1 is 0.972 bits per heavy atom. The van der Waals surface area contributed by atoms with Gasteiger partial charge in [-0.25, -0.2) is 4.98 Å². The van der Waals surface area contributed by atoms with Gasteiger partial charge in [-0.15, -0.1) is 0 Å². The number of hydrogen-bond acceptors (Lipinski definition) is 7. The third-order valence-electron chi connectivity index (χ3n) is 6.75. The molecule has 0 bridgehead atoms. The lowest BCUT2D eigenvalue weighted by atomic mass is 10.1. The van der Waals surface area contributed by atoms with Crippen LogP contribution in [0.4, 0.5) is 28.8 Å². The maximum absolute atomic E-state index is 6.51. The molecule has 36 heavy (non-hydrogen) atoms. The molecule has 1 aromatic heterocycles. The number of piperazine rings is 1. The van der Waals surface area contributed by atoms with Gasteiger partial charge in [0.05, 0.1) is 19.0 Å². The summed E-state index contributed by atoms with van der Waals surface area (Å²) in [6, 6.07) is 8.43. The molecule has 0 unspecified atom stereocenters. The minimum absolute atomic E-state index is 0.316. The molecule has 2 aromatic carbocycles. The first-order valence-corrected chi connectivity index (χ1v) is 14.8. The van der Waals surface area contributed by atoms with Crippen LogP contribution in [0.3, 0.4) is 0 Å². The molecule has 0 aliphatic carbocycles. The highest BCUT2D eigenvalue weighted by molar-refractivity contribution is 7.64. The number of methoxy groups -OCH3 is 1. The fraction of sp³-hybridized carbons (Fsp3) is 0.407. The van der Waals surface area contributed by atoms with E-state index in [9.17, 15) is 0 Å². The van der Waals surface area contributed by atoms with Crippen LogP contribution in [-0.4, -0.2) is 68.5 Å². The predicted octanol–water partition coefficient (Wildman–Crippen LogP) is 5.67. The lowest BCUT2D eigenvalue weighted by Gasteiger charge is -2.35. The number of anilines is 5. The SMILES string of the molecule is COc1cc(N2CCN(C)CC2)c(C)cc1Nc1ncc(Cl)c(Nc2ccc(C)c(C)c2P(C)C)n1. The topological polar surface area (TPSA) is 65.6 Å². The van der Waals surface area contributed by atoms with Gasteiger partial charge in [0.1, 0.15) is 10.8 Å². The van der Waals surface area contributed by atoms with Crippen LogP contribution in [0, 0.1) is 20.8 Å². The number of aryl methyl sites for hydroxylation is 2. The van der Waals surface area contributed by atoms with Crippen molar-refractivity contribution >= 4 is 53.7 Å². The third kappa shape index (κ3) is 5.69. The number of nitrogens with one attached hydrogen (secondary N) is 2. The van der Waals surface area contributed by atoms with Gasteiger partial charge in [-0.05, 0) is 70.0 Å². The lowest BCUT2D eigenvalue weighted by molar-refractivity contribution is 0.312. The molecule has 2 heterocycles. The van der Waals surface area contributed by atoms with Crippen molar-refractivity contribution in [1.29, 1.82) is 0 Å². The van der Waals surface area contributed by atoms with E-state index in [2.05, 4.69) is 90.8 Å². The number of benzene rings is 2. The Hall–Kier alpha value is -2.60. The summed E-state index contributed by atoms with van der Waals surface area (Å²) in [6.07, 6.45) is 1.62. The summed E-state index contributed by atoms with van der Waals surface area (Å²) < 4.78 is 5.75. The molecule has 0 spiro atoms. The van der Waals surface area contributed by atoms with Crippen LogP contribution in [0.15, 0.2) is 30.5 Å². The number of hydrogen-bond donors (Lipinski definition) is 2. The second-order valence-corrected chi connectivity index (χ2v) is 12.2. The number of aromatic nitrogens is 2. The summed E-state index contributed by atoms with van der Waals surface area (Å²) in [5, 5.41) is 8.60. The molecule has 1 saturated heterocycles. The number of nitrogens with zero attached hydrogens (tertiary/aromatic N) is 4. The van der Waals surface area contributed by atoms with E-state index in [1.807, 2.05) is 0 Å². The molecule has 0 atom stereocenters. The van der Waals surface area contributed by atoms with Gasteiger partial charge in [0.25, 0.3) is 0 Å². The van der Waals surface area contributed by atoms with Crippen LogP contribution in [0.5, 0.6) is 5.75 Å². The summed E-state index contributed by atoms with van der Waals surface area (Å²) in [6.45, 7) is 15.1. The van der Waals surface area contributed by atoms with E-state index >= 15 is 0 Å². The Bertz CT molecular complexity index is 1240. The van der Waals surface area contributed by atoms with E-state index < -0.39 is 0 Å². The molecule has 7 nitrogen and oxygen atoms in total. The highest BCUT2D eigenvalue weighted by atomic mass is 35.5. The fourth-order valence-corrected chi connectivity index (χ4v) is 6.17. The van der Waals surface area contributed by atoms with Gasteiger partial charge in [0.2, 0.25) is 5.95 Å². The molecular weight excluding hydrogens is 491 g/mol. The van der Waals surface area contributed by atoms with Gasteiger partial charge in [0, 0.05) is 48.9 Å². The second kappa shape index (κ2) is 11.2. The number of likely N-dealkylation sites (N-methyl/N-ethyl adjacent to an activating group) is 1. The summed E-state index contributed by atoms with van der Waals surface area (Å²) in [4.78, 5) is 13.9. The summed E-state index contributed by atoms with van der Waals surface area (Å²) in [5.74, 6) is 1.77. The standard InChI is InChI=1S/C27H36ClN6OP/c1-17-8-9-21(25(19(17)3)36(6)7)30-26-20(28)16-29-27(32-26)31-22-14-18(2)23(15-24(22)35-5)34-12-10-33(4)11-13-34/h8-9,14-16H,10-13H2,1-7H3,(H2,29,30,31,32). The van der Waals surface area contributed by atoms with Crippen LogP contribution in [0.1, 0.15) is 16.7 Å². The van der Waals surface area contributed by atoms with Gasteiger partial charge in [0.15, 0.2) is 5.82 Å². The first kappa shape index (κ1) is 26.5. The maximum Gasteiger partial charge on any atom is 0.229 e. The number of rotatable bonds is 7. The Balaban J connectivity index is 1.61. The van der Waals surface area contributed by atoms with Crippen molar-refractivity contribution in [3.63, 3.8) is 0 Å². The lowest BCUT2D eigenvalue weighted by Crippen LogP contribution is -2.44. The minimum atomic E-state index is -0.316. The van der Waals surface area contributed by atoms with Crippen molar-refractivity contribution in [2.24, 2.45) is 0 Å². The Morgan fingerprint density at radius 2 is 1.69 bits per heavy atom. The highest BCUT2D eigenvalue weighted by Crippen LogP contribution is 2.36. The minimum Gasteiger partial charge on any atom is -0.494 e. The second-order valence-electron chi connectivity index (χ2n) is 9.57. The molecule has 1 aliphatic rings. The van der Waals surface area contributed by atoms with Gasteiger partial charge >= 0.3 is 0 Å². The zero-order valence-electron chi connectivity index (χ0n) is 22.2. The molecule has 0 saturated carbocycles. The van der Waals surface area contributed by atoms with E-state index in [1.54, 1.807) is 13.3 Å². The average molecular weight is 527 g/mol. The molecule has 2 N–H and O–H groups in total. The van der Waals surface area contributed by atoms with Crippen LogP contribution in [0.2, 0.25) is 5.02 Å². The van der Waals surface area contributed by atoms with Crippen LogP contribution >= 0.6 is 19.5 Å². The average Bonchev–Trinajstić information content (AvgIpc) is 2.84. The molecule has 1 fully saturated rings. The molecule has 4 rings (SSSR count). The van der Waals surface area contributed by atoms with Crippen molar-refractivity contribution in [2.75, 3.05) is 69.2 Å². The van der Waals surface area contributed by atoms with Crippen LogP contribution in [0.25, 0.3) is 0 Å². The van der Waals surface area contributed by atoms with E-state index in [0.717, 1.165) is 43.3 Å². The third-order valence-corrected chi connectivity index (χ3v) is 8.50. The van der Waals surface area contributed by atoms with Crippen LogP contribution in [-0.2, 0) is 0 Å². The van der Waals surface area contributed by atoms with Gasteiger partial charge in [-0.2, -0.15) is 4.98 Å². The number of halogens is 1. The molecule has 1 aliphatic heterocycles. The van der Waals surface area contributed by atoms with Crippen molar-refractivity contribution in [1.82, 2.24) is 14.9 Å². The largest absolute Gasteiger partial charge is 0.494 e. The summed E-state index contributed by atoms with van der Waals surface area (Å²) in [7, 11) is 3.54. The highest BCUT2D eigenvalue weighted by Gasteiger charge is 2.19. The quantitative estimate of drug-likeness (QED) is 0.384. The Labute approximate surface area is 221 Å². The molecule has 192 valence electrons. The molecule has 0 radical (unpaired) electrons. The first-order chi connectivity index (χ1) is 17.2. The summed E-state index contributed by atoms with van der Waals surface area (Å²) >= 11 is 6.51. The van der Waals surface area contributed by atoms with Gasteiger partial charge < -0.3 is 25.2 Å². The molecule has 0 amide bonds. The molecule has 3 aromatic rings. The van der Waals surface area contributed by atoms with Gasteiger partial charge in [-0.1, -0.05) is 25.6 Å². The van der Waals surface area contributed by atoms with Crippen molar-refractivity contribution in [3.05, 3.63) is 52.2 Å². The Kier molecular flexibility index (Phi) is 8.23. The smallest absolute Gasteiger partial charge is 0.229 e. The van der Waals surface area contributed by atoms with E-state index in [1.165, 1.54) is 27.7 Å². The molecular formula is C27H36ClN6OP. The normalized spacial score (nSPS) is 14.3. The van der Waals surface area contributed by atoms with Gasteiger partial charge in [-0.3, -0.25) is 0 Å². The Morgan fingerprint density at radius 3 is 2.36 bits per heavy atom. The monoisotopic (exact) mass is 526 g/mol. The zero-order chi connectivity index (χ0) is 26.0. The number of ether oxygens (including phenoxy) is 1. The first-order valence-electron chi connectivity index (χ1n) is 12.1. The van der Waals surface area contributed by atoms with E-state index in [0.29, 0.717) is 16.8 Å². The van der Waals surface area contributed by atoms with E-state index in [4.69, 9.17) is 21.3 Å². The van der Waals surface area contributed by atoms with Crippen molar-refractivity contribution in [2.45, 2.75) is 20.8 Å². The fourth-order valence-electron chi connectivity index (χ4n) is 4.57. The van der Waals surface area contributed by atoms with E-state index in [-0.39, 0.29) is 7.92 Å².